The summed E-state index contributed by atoms with van der Waals surface area (Å²) in [7, 11) is 0. The molecule has 0 atom stereocenters. The van der Waals surface area contributed by atoms with Crippen LogP contribution in [-0.2, 0) is 19.3 Å². The van der Waals surface area contributed by atoms with Crippen molar-refractivity contribution in [3.05, 3.63) is 57.6 Å². The maximum atomic E-state index is 13.2. The van der Waals surface area contributed by atoms with Crippen LogP contribution in [0.4, 0.5) is 24.5 Å². The topological polar surface area (TPSA) is 29.3 Å². The van der Waals surface area contributed by atoms with Crippen molar-refractivity contribution >= 4 is 27.3 Å². The van der Waals surface area contributed by atoms with Crippen LogP contribution in [0.3, 0.4) is 0 Å². The highest BCUT2D eigenvalue weighted by Crippen LogP contribution is 2.41. The SMILES string of the molecule is Nc1cccc2c1CN(c1ccc(Br)cc1C(F)(F)F)C2. The van der Waals surface area contributed by atoms with E-state index < -0.39 is 11.7 Å². The molecule has 6 heteroatoms. The molecule has 2 aromatic carbocycles. The highest BCUT2D eigenvalue weighted by Gasteiger charge is 2.36. The maximum Gasteiger partial charge on any atom is 0.418 e. The molecule has 2 aromatic rings. The quantitative estimate of drug-likeness (QED) is 0.758. The van der Waals surface area contributed by atoms with Crippen molar-refractivity contribution in [3.63, 3.8) is 0 Å². The number of benzene rings is 2. The Bertz CT molecular complexity index is 698. The molecule has 1 aliphatic rings. The zero-order valence-electron chi connectivity index (χ0n) is 10.9. The number of nitrogens with zero attached hydrogens (tertiary/aromatic N) is 1. The molecule has 0 saturated carbocycles. The van der Waals surface area contributed by atoms with Gasteiger partial charge in [-0.15, -0.1) is 0 Å². The summed E-state index contributed by atoms with van der Waals surface area (Å²) >= 11 is 3.10. The number of hydrogen-bond donors (Lipinski definition) is 1. The highest BCUT2D eigenvalue weighted by atomic mass is 79.9. The maximum absolute atomic E-state index is 13.2. The molecule has 2 N–H and O–H groups in total. The summed E-state index contributed by atoms with van der Waals surface area (Å²) < 4.78 is 40.1. The van der Waals surface area contributed by atoms with Gasteiger partial charge in [0.25, 0.3) is 0 Å². The number of halogens is 4. The fourth-order valence-corrected chi connectivity index (χ4v) is 2.99. The van der Waals surface area contributed by atoms with Crippen molar-refractivity contribution in [1.29, 1.82) is 0 Å². The molecule has 1 aliphatic heterocycles. The van der Waals surface area contributed by atoms with Gasteiger partial charge in [0.2, 0.25) is 0 Å². The van der Waals surface area contributed by atoms with E-state index in [1.165, 1.54) is 6.07 Å². The Hall–Kier alpha value is -1.69. The van der Waals surface area contributed by atoms with E-state index in [2.05, 4.69) is 15.9 Å². The van der Waals surface area contributed by atoms with Crippen LogP contribution in [0.2, 0.25) is 0 Å². The molecule has 0 radical (unpaired) electrons. The van der Waals surface area contributed by atoms with E-state index in [1.54, 1.807) is 17.0 Å². The second-order valence-electron chi connectivity index (χ2n) is 5.00. The van der Waals surface area contributed by atoms with Gasteiger partial charge in [-0.1, -0.05) is 28.1 Å². The lowest BCUT2D eigenvalue weighted by atomic mass is 10.1. The molecular weight excluding hydrogens is 345 g/mol. The molecule has 3 rings (SSSR count). The molecule has 0 aliphatic carbocycles. The van der Waals surface area contributed by atoms with E-state index in [9.17, 15) is 13.2 Å². The third-order valence-corrected chi connectivity index (χ3v) is 4.12. The van der Waals surface area contributed by atoms with Gasteiger partial charge in [0, 0.05) is 28.9 Å². The molecule has 0 bridgehead atoms. The number of nitrogen functional groups attached to an aromatic ring is 1. The first-order chi connectivity index (χ1) is 9.86. The van der Waals surface area contributed by atoms with Crippen molar-refractivity contribution in [2.75, 3.05) is 10.6 Å². The number of nitrogens with two attached hydrogens (primary N) is 1. The first-order valence-corrected chi connectivity index (χ1v) is 7.13. The van der Waals surface area contributed by atoms with Gasteiger partial charge in [-0.2, -0.15) is 13.2 Å². The predicted molar refractivity (Wildman–Crippen MR) is 79.9 cm³/mol. The third kappa shape index (κ3) is 2.60. The Morgan fingerprint density at radius 2 is 1.86 bits per heavy atom. The molecule has 0 amide bonds. The molecule has 1 heterocycles. The summed E-state index contributed by atoms with van der Waals surface area (Å²) in [6.45, 7) is 0.831. The van der Waals surface area contributed by atoms with Gasteiger partial charge in [0.05, 0.1) is 5.56 Å². The minimum absolute atomic E-state index is 0.182. The van der Waals surface area contributed by atoms with E-state index >= 15 is 0 Å². The predicted octanol–water partition coefficient (Wildman–Crippen LogP) is 4.57. The number of alkyl halides is 3. The Kier molecular flexibility index (Phi) is 3.36. The van der Waals surface area contributed by atoms with E-state index in [-0.39, 0.29) is 5.69 Å². The Morgan fingerprint density at radius 3 is 2.52 bits per heavy atom. The first-order valence-electron chi connectivity index (χ1n) is 6.34. The van der Waals surface area contributed by atoms with Gasteiger partial charge >= 0.3 is 6.18 Å². The monoisotopic (exact) mass is 356 g/mol. The lowest BCUT2D eigenvalue weighted by Crippen LogP contribution is -2.20. The van der Waals surface area contributed by atoms with E-state index in [0.29, 0.717) is 23.2 Å². The van der Waals surface area contributed by atoms with E-state index in [0.717, 1.165) is 17.2 Å². The summed E-state index contributed by atoms with van der Waals surface area (Å²) in [6.07, 6.45) is -4.39. The van der Waals surface area contributed by atoms with Gasteiger partial charge in [-0.25, -0.2) is 0 Å². The molecule has 0 fully saturated rings. The van der Waals surface area contributed by atoms with Crippen LogP contribution in [0.1, 0.15) is 16.7 Å². The second-order valence-corrected chi connectivity index (χ2v) is 5.92. The molecule has 21 heavy (non-hydrogen) atoms. The van der Waals surface area contributed by atoms with E-state index in [1.807, 2.05) is 12.1 Å². The standard InChI is InChI=1S/C15H12BrF3N2/c16-10-4-5-14(12(6-10)15(17,18)19)21-7-9-2-1-3-13(20)11(9)8-21/h1-6H,7-8,20H2. The van der Waals surface area contributed by atoms with Crippen LogP contribution < -0.4 is 10.6 Å². The van der Waals surface area contributed by atoms with Crippen LogP contribution >= 0.6 is 15.9 Å². The highest BCUT2D eigenvalue weighted by molar-refractivity contribution is 9.10. The molecule has 0 unspecified atom stereocenters. The van der Waals surface area contributed by atoms with Crippen LogP contribution in [0.25, 0.3) is 0 Å². The molecule has 0 aromatic heterocycles. The average molecular weight is 357 g/mol. The zero-order chi connectivity index (χ0) is 15.2. The Labute approximate surface area is 128 Å². The summed E-state index contributed by atoms with van der Waals surface area (Å²) in [5, 5.41) is 0. The fourth-order valence-electron chi connectivity index (χ4n) is 2.63. The lowest BCUT2D eigenvalue weighted by molar-refractivity contribution is -0.137. The number of anilines is 2. The fraction of sp³-hybridized carbons (Fsp3) is 0.200. The smallest absolute Gasteiger partial charge is 0.398 e. The van der Waals surface area contributed by atoms with E-state index in [4.69, 9.17) is 5.73 Å². The van der Waals surface area contributed by atoms with Gasteiger partial charge in [-0.05, 0) is 35.4 Å². The molecular formula is C15H12BrF3N2. The van der Waals surface area contributed by atoms with Gasteiger partial charge in [-0.3, -0.25) is 0 Å². The second kappa shape index (κ2) is 4.94. The van der Waals surface area contributed by atoms with Crippen molar-refractivity contribution in [2.24, 2.45) is 0 Å². The minimum atomic E-state index is -4.39. The van der Waals surface area contributed by atoms with Crippen LogP contribution in [0.5, 0.6) is 0 Å². The summed E-state index contributed by atoms with van der Waals surface area (Å²) in [5.41, 5.74) is 7.96. The Morgan fingerprint density at radius 1 is 1.10 bits per heavy atom. The van der Waals surface area contributed by atoms with Gasteiger partial charge < -0.3 is 10.6 Å². The number of rotatable bonds is 1. The van der Waals surface area contributed by atoms with Crippen molar-refractivity contribution in [3.8, 4) is 0 Å². The normalized spacial score (nSPS) is 14.4. The minimum Gasteiger partial charge on any atom is -0.398 e. The first kappa shape index (κ1) is 14.3. The zero-order valence-corrected chi connectivity index (χ0v) is 12.5. The largest absolute Gasteiger partial charge is 0.418 e. The van der Waals surface area contributed by atoms with Gasteiger partial charge in [0.15, 0.2) is 0 Å². The molecule has 0 spiro atoms. The summed E-state index contributed by atoms with van der Waals surface area (Å²) in [4.78, 5) is 1.70. The van der Waals surface area contributed by atoms with Crippen molar-refractivity contribution in [1.82, 2.24) is 0 Å². The van der Waals surface area contributed by atoms with Crippen molar-refractivity contribution in [2.45, 2.75) is 19.3 Å². The third-order valence-electron chi connectivity index (χ3n) is 3.62. The summed E-state index contributed by atoms with van der Waals surface area (Å²) in [6, 6.07) is 9.73. The number of fused-ring (bicyclic) bond motifs is 1. The summed E-state index contributed by atoms with van der Waals surface area (Å²) in [5.74, 6) is 0. The van der Waals surface area contributed by atoms with Crippen LogP contribution in [0.15, 0.2) is 40.9 Å². The van der Waals surface area contributed by atoms with Crippen molar-refractivity contribution < 1.29 is 13.2 Å². The van der Waals surface area contributed by atoms with Gasteiger partial charge in [0.1, 0.15) is 0 Å². The van der Waals surface area contributed by atoms with Crippen LogP contribution in [0, 0.1) is 0 Å². The molecule has 110 valence electrons. The lowest BCUT2D eigenvalue weighted by Gasteiger charge is -2.23. The molecule has 2 nitrogen and oxygen atoms in total. The average Bonchev–Trinajstić information content (AvgIpc) is 2.83. The number of hydrogen-bond acceptors (Lipinski definition) is 2. The molecule has 0 saturated heterocycles. The Balaban J connectivity index is 2.03. The van der Waals surface area contributed by atoms with Crippen LogP contribution in [-0.4, -0.2) is 0 Å².